The summed E-state index contributed by atoms with van der Waals surface area (Å²) < 4.78 is 0.501. The number of amides is 1. The van der Waals surface area contributed by atoms with Gasteiger partial charge in [-0.1, -0.05) is 47.7 Å². The van der Waals surface area contributed by atoms with E-state index in [1.807, 2.05) is 12.1 Å². The van der Waals surface area contributed by atoms with Crippen molar-refractivity contribution in [2.75, 3.05) is 4.90 Å². The molecule has 3 nitrogen and oxygen atoms in total. The Morgan fingerprint density at radius 2 is 2.14 bits per heavy atom. The second-order valence-corrected chi connectivity index (χ2v) is 6.40. The summed E-state index contributed by atoms with van der Waals surface area (Å²) in [7, 11) is 0. The number of hydrogen-bond donors (Lipinski definition) is 0. The summed E-state index contributed by atoms with van der Waals surface area (Å²) in [6.45, 7) is 0. The van der Waals surface area contributed by atoms with Crippen LogP contribution in [0.3, 0.4) is 0 Å². The highest BCUT2D eigenvalue weighted by Gasteiger charge is 2.33. The zero-order valence-electron chi connectivity index (χ0n) is 10.7. The average molecular weight is 333 g/mol. The molecular weight excluding hydrogens is 324 g/mol. The van der Waals surface area contributed by atoms with Gasteiger partial charge in [0, 0.05) is 11.2 Å². The van der Waals surface area contributed by atoms with Crippen molar-refractivity contribution in [3.63, 3.8) is 0 Å². The summed E-state index contributed by atoms with van der Waals surface area (Å²) in [5.74, 6) is -0.141. The summed E-state index contributed by atoms with van der Waals surface area (Å²) in [6, 6.07) is 10.9. The fourth-order valence-corrected chi connectivity index (χ4v) is 3.42. The van der Waals surface area contributed by atoms with Gasteiger partial charge in [0.25, 0.3) is 5.91 Å². The summed E-state index contributed by atoms with van der Waals surface area (Å²) in [5.41, 5.74) is 1.55. The third kappa shape index (κ3) is 3.00. The number of benzene rings is 1. The van der Waals surface area contributed by atoms with Gasteiger partial charge < -0.3 is 0 Å². The molecule has 21 heavy (non-hydrogen) atoms. The topological polar surface area (TPSA) is 33.2 Å². The molecular formula is C15H9ClN2OS2. The molecule has 0 saturated carbocycles. The Bertz CT molecular complexity index is 746. The highest BCUT2D eigenvalue weighted by atomic mass is 35.5. The molecule has 1 amide bonds. The number of thioether (sulfide) groups is 1. The van der Waals surface area contributed by atoms with Gasteiger partial charge in [0.1, 0.15) is 0 Å². The number of pyridine rings is 1. The van der Waals surface area contributed by atoms with E-state index in [0.717, 1.165) is 5.56 Å². The Hall–Kier alpha value is -1.69. The predicted molar refractivity (Wildman–Crippen MR) is 91.3 cm³/mol. The Morgan fingerprint density at radius 1 is 1.29 bits per heavy atom. The Morgan fingerprint density at radius 3 is 2.86 bits per heavy atom. The van der Waals surface area contributed by atoms with Crippen LogP contribution in [-0.2, 0) is 4.79 Å². The average Bonchev–Trinajstić information content (AvgIpc) is 2.74. The molecule has 0 spiro atoms. The molecule has 0 aliphatic carbocycles. The van der Waals surface area contributed by atoms with Gasteiger partial charge in [0.15, 0.2) is 4.32 Å². The Kier molecular flexibility index (Phi) is 4.05. The lowest BCUT2D eigenvalue weighted by Gasteiger charge is -2.13. The first kappa shape index (κ1) is 14.3. The molecule has 1 fully saturated rings. The third-order valence-electron chi connectivity index (χ3n) is 2.84. The standard InChI is InChI=1S/C15H9ClN2OS2/c16-11-4-1-3-10(7-11)8-13-14(19)18(15(20)21-13)12-5-2-6-17-9-12/h1-9H/b13-8-. The molecule has 6 heteroatoms. The lowest BCUT2D eigenvalue weighted by atomic mass is 10.2. The summed E-state index contributed by atoms with van der Waals surface area (Å²) in [6.07, 6.45) is 5.07. The summed E-state index contributed by atoms with van der Waals surface area (Å²) >= 11 is 12.5. The van der Waals surface area contributed by atoms with Gasteiger partial charge in [0.2, 0.25) is 0 Å². The van der Waals surface area contributed by atoms with Crippen molar-refractivity contribution >= 4 is 57.6 Å². The van der Waals surface area contributed by atoms with Crippen LogP contribution >= 0.6 is 35.6 Å². The fourth-order valence-electron chi connectivity index (χ4n) is 1.92. The smallest absolute Gasteiger partial charge is 0.268 e. The predicted octanol–water partition coefficient (Wildman–Crippen LogP) is 4.14. The SMILES string of the molecule is O=C1/C(=C/c2cccc(Cl)c2)SC(=S)N1c1cccnc1. The van der Waals surface area contributed by atoms with Crippen LogP contribution < -0.4 is 4.90 Å². The second kappa shape index (κ2) is 5.97. The minimum atomic E-state index is -0.141. The van der Waals surface area contributed by atoms with Gasteiger partial charge in [-0.15, -0.1) is 0 Å². The molecule has 0 N–H and O–H groups in total. The van der Waals surface area contributed by atoms with Crippen molar-refractivity contribution in [3.8, 4) is 0 Å². The monoisotopic (exact) mass is 332 g/mol. The van der Waals surface area contributed by atoms with E-state index in [9.17, 15) is 4.79 Å². The molecule has 0 bridgehead atoms. The quantitative estimate of drug-likeness (QED) is 0.611. The fraction of sp³-hybridized carbons (Fsp3) is 0. The van der Waals surface area contributed by atoms with E-state index in [1.165, 1.54) is 16.7 Å². The highest BCUT2D eigenvalue weighted by Crippen LogP contribution is 2.35. The molecule has 2 aromatic rings. The van der Waals surface area contributed by atoms with Crippen molar-refractivity contribution in [2.24, 2.45) is 0 Å². The molecule has 0 atom stereocenters. The molecule has 1 aliphatic heterocycles. The minimum absolute atomic E-state index is 0.141. The number of halogens is 1. The van der Waals surface area contributed by atoms with Crippen molar-refractivity contribution in [1.82, 2.24) is 4.98 Å². The van der Waals surface area contributed by atoms with Crippen LogP contribution in [0, 0.1) is 0 Å². The van der Waals surface area contributed by atoms with E-state index in [2.05, 4.69) is 4.98 Å². The van der Waals surface area contributed by atoms with Crippen LogP contribution in [0.1, 0.15) is 5.56 Å². The first-order valence-electron chi connectivity index (χ1n) is 6.09. The zero-order chi connectivity index (χ0) is 14.8. The van der Waals surface area contributed by atoms with E-state index >= 15 is 0 Å². The molecule has 3 rings (SSSR count). The maximum atomic E-state index is 12.5. The van der Waals surface area contributed by atoms with E-state index in [4.69, 9.17) is 23.8 Å². The van der Waals surface area contributed by atoms with Crippen LogP contribution in [0.5, 0.6) is 0 Å². The lowest BCUT2D eigenvalue weighted by molar-refractivity contribution is -0.113. The molecule has 104 valence electrons. The largest absolute Gasteiger partial charge is 0.270 e. The Labute approximate surface area is 136 Å². The maximum Gasteiger partial charge on any atom is 0.270 e. The molecule has 1 aliphatic rings. The zero-order valence-corrected chi connectivity index (χ0v) is 13.1. The lowest BCUT2D eigenvalue weighted by Crippen LogP contribution is -2.27. The number of rotatable bonds is 2. The number of nitrogens with zero attached hydrogens (tertiary/aromatic N) is 2. The number of thiocarbonyl (C=S) groups is 1. The van der Waals surface area contributed by atoms with Crippen LogP contribution in [0.25, 0.3) is 6.08 Å². The van der Waals surface area contributed by atoms with Gasteiger partial charge in [-0.05, 0) is 35.9 Å². The van der Waals surface area contributed by atoms with E-state index < -0.39 is 0 Å². The van der Waals surface area contributed by atoms with Crippen LogP contribution in [-0.4, -0.2) is 15.2 Å². The second-order valence-electron chi connectivity index (χ2n) is 4.28. The van der Waals surface area contributed by atoms with Crippen LogP contribution in [0.2, 0.25) is 5.02 Å². The molecule has 1 aromatic carbocycles. The van der Waals surface area contributed by atoms with Gasteiger partial charge in [-0.25, -0.2) is 0 Å². The number of anilines is 1. The Balaban J connectivity index is 1.94. The van der Waals surface area contributed by atoms with E-state index in [1.54, 1.807) is 42.7 Å². The first-order valence-corrected chi connectivity index (χ1v) is 7.69. The molecule has 1 saturated heterocycles. The van der Waals surface area contributed by atoms with Crippen molar-refractivity contribution < 1.29 is 4.79 Å². The molecule has 1 aromatic heterocycles. The minimum Gasteiger partial charge on any atom is -0.268 e. The van der Waals surface area contributed by atoms with E-state index in [-0.39, 0.29) is 5.91 Å². The highest BCUT2D eigenvalue weighted by molar-refractivity contribution is 8.27. The van der Waals surface area contributed by atoms with Crippen LogP contribution in [0.15, 0.2) is 53.7 Å². The van der Waals surface area contributed by atoms with Gasteiger partial charge in [-0.3, -0.25) is 14.7 Å². The number of carbonyl (C=O) groups is 1. The third-order valence-corrected chi connectivity index (χ3v) is 4.38. The van der Waals surface area contributed by atoms with Crippen molar-refractivity contribution in [1.29, 1.82) is 0 Å². The van der Waals surface area contributed by atoms with Gasteiger partial charge in [0.05, 0.1) is 16.8 Å². The maximum absolute atomic E-state index is 12.5. The van der Waals surface area contributed by atoms with Gasteiger partial charge >= 0.3 is 0 Å². The molecule has 2 heterocycles. The molecule has 0 radical (unpaired) electrons. The number of carbonyl (C=O) groups excluding carboxylic acids is 1. The van der Waals surface area contributed by atoms with Crippen molar-refractivity contribution in [2.45, 2.75) is 0 Å². The first-order chi connectivity index (χ1) is 10.1. The summed E-state index contributed by atoms with van der Waals surface area (Å²) in [5, 5.41) is 0.631. The number of aromatic nitrogens is 1. The molecule has 0 unspecified atom stereocenters. The number of hydrogen-bond acceptors (Lipinski definition) is 4. The summed E-state index contributed by atoms with van der Waals surface area (Å²) in [4.78, 5) is 18.6. The normalized spacial score (nSPS) is 16.8. The van der Waals surface area contributed by atoms with Gasteiger partial charge in [-0.2, -0.15) is 0 Å². The van der Waals surface area contributed by atoms with E-state index in [0.29, 0.717) is 19.9 Å². The van der Waals surface area contributed by atoms with Crippen molar-refractivity contribution in [3.05, 3.63) is 64.3 Å². The van der Waals surface area contributed by atoms with Crippen LogP contribution in [0.4, 0.5) is 5.69 Å².